The topological polar surface area (TPSA) is 89.5 Å². The van der Waals surface area contributed by atoms with Crippen molar-refractivity contribution in [3.05, 3.63) is 0 Å². The van der Waals surface area contributed by atoms with Crippen LogP contribution in [-0.4, -0.2) is 36.4 Å². The number of carbonyl (C=O) groups excluding carboxylic acids is 2. The van der Waals surface area contributed by atoms with Gasteiger partial charge in [0.05, 0.1) is 37.3 Å². The Labute approximate surface area is 382 Å². The molecule has 4 saturated carbocycles. The van der Waals surface area contributed by atoms with E-state index in [2.05, 4.69) is 138 Å². The predicted molar refractivity (Wildman–Crippen MR) is 252 cm³/mol. The van der Waals surface area contributed by atoms with Crippen molar-refractivity contribution in [1.82, 2.24) is 0 Å². The fourth-order valence-corrected chi connectivity index (χ4v) is 16.7. The highest BCUT2D eigenvalue weighted by molar-refractivity contribution is 7.42. The van der Waals surface area contributed by atoms with Crippen LogP contribution in [0.1, 0.15) is 177 Å². The van der Waals surface area contributed by atoms with E-state index in [4.69, 9.17) is 27.1 Å². The molecule has 358 valence electrons. The zero-order valence-electron chi connectivity index (χ0n) is 43.0. The van der Waals surface area contributed by atoms with Crippen LogP contribution in [0.4, 0.5) is 0 Å². The first-order valence-electron chi connectivity index (χ1n) is 25.1. The minimum atomic E-state index is -2.00. The zero-order valence-corrected chi connectivity index (χ0v) is 44.7. The lowest BCUT2D eigenvalue weighted by Crippen LogP contribution is -2.56. The minimum absolute atomic E-state index is 0.00445. The van der Waals surface area contributed by atoms with Gasteiger partial charge in [0.15, 0.2) is 0 Å². The molecule has 0 N–H and O–H groups in total. The van der Waals surface area contributed by atoms with Gasteiger partial charge < -0.3 is 9.05 Å². The van der Waals surface area contributed by atoms with Gasteiger partial charge in [-0.25, -0.2) is 0 Å². The van der Waals surface area contributed by atoms with E-state index in [1.165, 1.54) is 0 Å². The molecular formula is C52H92O8P2. The Bertz CT molecular complexity index is 1350. The van der Waals surface area contributed by atoms with Gasteiger partial charge >= 0.3 is 29.1 Å². The summed E-state index contributed by atoms with van der Waals surface area (Å²) in [4.78, 5) is 27.9. The third-order valence-corrected chi connectivity index (χ3v) is 21.0. The van der Waals surface area contributed by atoms with Crippen LogP contribution in [-0.2, 0) is 36.7 Å². The molecule has 2 aliphatic heterocycles. The smallest absolute Gasteiger partial charge is 0.394 e. The van der Waals surface area contributed by atoms with Gasteiger partial charge in [-0.15, -0.1) is 0 Å². The summed E-state index contributed by atoms with van der Waals surface area (Å²) in [5, 5.41) is 0. The maximum atomic E-state index is 14.0. The summed E-state index contributed by atoms with van der Waals surface area (Å²) in [6.07, 6.45) is 3.68. The standard InChI is InChI=1S/C52H92O8P2/c1-27-23-35(49(9,10)11)45-41(31(27)5)42-32(6)28(2)24-36(50(12,13)14)46(42)58-61(57-45)55-39(53)21-22-40(54)56-62-59-47-37(51(15,16)17)25-29(3)33(7)43(47)44-34(8)30(4)26-38(48(44)60-62)52(18,19)20/h27-38,41-48H,21-26H2,1-20H3/t27-,28?,29-,30?,31-,32?,33-,34?,35?,36-,37?,38-,41?,42?,43?,44?,45?,46?,47?,48?,61?,62?/m1/s1. The van der Waals surface area contributed by atoms with E-state index in [1.54, 1.807) is 0 Å². The summed E-state index contributed by atoms with van der Waals surface area (Å²) in [5.74, 6) is 5.34. The Morgan fingerprint density at radius 1 is 0.403 bits per heavy atom. The van der Waals surface area contributed by atoms with E-state index in [1.807, 2.05) is 0 Å². The highest BCUT2D eigenvalue weighted by atomic mass is 31.2. The van der Waals surface area contributed by atoms with Gasteiger partial charge in [0.25, 0.3) is 0 Å². The molecule has 6 fully saturated rings. The van der Waals surface area contributed by atoms with Crippen LogP contribution in [0.25, 0.3) is 0 Å². The average molecular weight is 907 g/mol. The van der Waals surface area contributed by atoms with Crippen LogP contribution in [0.15, 0.2) is 0 Å². The second kappa shape index (κ2) is 18.6. The molecule has 2 saturated heterocycles. The van der Waals surface area contributed by atoms with E-state index in [9.17, 15) is 9.59 Å². The Balaban J connectivity index is 1.22. The van der Waals surface area contributed by atoms with Crippen molar-refractivity contribution < 1.29 is 36.7 Å². The average Bonchev–Trinajstić information content (AvgIpc) is 3.40. The van der Waals surface area contributed by atoms with Crippen molar-refractivity contribution in [1.29, 1.82) is 0 Å². The van der Waals surface area contributed by atoms with Gasteiger partial charge in [-0.05, 0) is 142 Å². The van der Waals surface area contributed by atoms with Gasteiger partial charge in [-0.1, -0.05) is 138 Å². The van der Waals surface area contributed by atoms with Crippen molar-refractivity contribution in [2.45, 2.75) is 201 Å². The van der Waals surface area contributed by atoms with Crippen LogP contribution in [0.2, 0.25) is 0 Å². The largest absolute Gasteiger partial charge is 0.400 e. The first kappa shape index (κ1) is 51.0. The summed E-state index contributed by atoms with van der Waals surface area (Å²) in [7, 11) is -4.01. The van der Waals surface area contributed by atoms with Crippen LogP contribution in [0, 0.1) is 116 Å². The molecular weight excluding hydrogens is 815 g/mol. The lowest BCUT2D eigenvalue weighted by atomic mass is 9.51. The summed E-state index contributed by atoms with van der Waals surface area (Å²) in [6.45, 7) is 47.3. The monoisotopic (exact) mass is 907 g/mol. The van der Waals surface area contributed by atoms with Crippen molar-refractivity contribution >= 4 is 29.1 Å². The van der Waals surface area contributed by atoms with Gasteiger partial charge in [0.1, 0.15) is 0 Å². The molecule has 0 radical (unpaired) electrons. The maximum Gasteiger partial charge on any atom is 0.400 e. The number of hydrogen-bond donors (Lipinski definition) is 0. The van der Waals surface area contributed by atoms with E-state index < -0.39 is 29.1 Å². The number of hydrogen-bond acceptors (Lipinski definition) is 8. The van der Waals surface area contributed by atoms with Gasteiger partial charge in [-0.2, -0.15) is 0 Å². The quantitative estimate of drug-likeness (QED) is 0.252. The lowest BCUT2D eigenvalue weighted by Gasteiger charge is -2.56. The summed E-state index contributed by atoms with van der Waals surface area (Å²) in [5.41, 5.74) is 0.0178. The molecule has 4 aliphatic carbocycles. The molecule has 0 aromatic rings. The molecule has 2 heterocycles. The highest BCUT2D eigenvalue weighted by Gasteiger charge is 2.62. The Kier molecular flexibility index (Phi) is 15.3. The Morgan fingerprint density at radius 3 is 0.774 bits per heavy atom. The molecule has 6 rings (SSSR count). The molecule has 6 aliphatic rings. The van der Waals surface area contributed by atoms with Gasteiger partial charge in [-0.3, -0.25) is 27.7 Å². The van der Waals surface area contributed by atoms with Gasteiger partial charge in [0, 0.05) is 0 Å². The van der Waals surface area contributed by atoms with E-state index in [0.717, 1.165) is 25.7 Å². The molecule has 16 unspecified atom stereocenters. The third kappa shape index (κ3) is 10.4. The maximum absolute atomic E-state index is 14.0. The number of fused-ring (bicyclic) bond motifs is 6. The first-order chi connectivity index (χ1) is 28.4. The van der Waals surface area contributed by atoms with E-state index in [0.29, 0.717) is 94.7 Å². The normalized spacial score (nSPS) is 46.8. The molecule has 0 aromatic heterocycles. The Hall–Kier alpha value is -0.360. The van der Waals surface area contributed by atoms with E-state index in [-0.39, 0.29) is 58.9 Å². The second-order valence-corrected chi connectivity index (χ2v) is 28.7. The Morgan fingerprint density at radius 2 is 0.597 bits per heavy atom. The van der Waals surface area contributed by atoms with Gasteiger partial charge in [0.2, 0.25) is 0 Å². The van der Waals surface area contributed by atoms with Crippen molar-refractivity contribution in [3.8, 4) is 0 Å². The molecule has 10 heteroatoms. The fourth-order valence-electron chi connectivity index (χ4n) is 14.0. The molecule has 0 amide bonds. The minimum Gasteiger partial charge on any atom is -0.394 e. The molecule has 0 aromatic carbocycles. The molecule has 0 bridgehead atoms. The van der Waals surface area contributed by atoms with Crippen LogP contribution >= 0.6 is 17.2 Å². The van der Waals surface area contributed by atoms with Crippen LogP contribution in [0.5, 0.6) is 0 Å². The first-order valence-corrected chi connectivity index (χ1v) is 27.3. The molecule has 62 heavy (non-hydrogen) atoms. The SMILES string of the molecule is CC1C[C@@H](C(C)(C)C)C2OP(OC(=O)CCC(=O)OP3OC4C(C5C(C)C(C)C[C@@H](C(C)(C)C)C5O3)[C@H](C)[C@H](C)CC4C(C)(C)C)OC3C(C2C1C)[C@H](C)[C@H](C)CC3C(C)(C)C. The second-order valence-electron chi connectivity index (χ2n) is 26.6. The summed E-state index contributed by atoms with van der Waals surface area (Å²) >= 11 is 0. The van der Waals surface area contributed by atoms with Crippen LogP contribution in [0.3, 0.4) is 0 Å². The molecule has 22 atom stereocenters. The van der Waals surface area contributed by atoms with Crippen molar-refractivity contribution in [2.75, 3.05) is 0 Å². The fraction of sp³-hybridized carbons (Fsp3) is 0.962. The summed E-state index contributed by atoms with van der Waals surface area (Å²) in [6, 6.07) is 0. The molecule has 0 spiro atoms. The zero-order chi connectivity index (χ0) is 46.3. The van der Waals surface area contributed by atoms with Crippen molar-refractivity contribution in [2.24, 2.45) is 116 Å². The van der Waals surface area contributed by atoms with Crippen molar-refractivity contribution in [3.63, 3.8) is 0 Å². The van der Waals surface area contributed by atoms with Crippen LogP contribution < -0.4 is 0 Å². The van der Waals surface area contributed by atoms with E-state index >= 15 is 0 Å². The number of rotatable bonds is 5. The third-order valence-electron chi connectivity index (χ3n) is 18.7. The number of carbonyl (C=O) groups is 2. The highest BCUT2D eigenvalue weighted by Crippen LogP contribution is 2.66. The predicted octanol–water partition coefficient (Wildman–Crippen LogP) is 14.7. The summed E-state index contributed by atoms with van der Waals surface area (Å²) < 4.78 is 40.9. The molecule has 8 nitrogen and oxygen atoms in total. The lowest BCUT2D eigenvalue weighted by molar-refractivity contribution is -0.143.